The molecule has 1 rings (SSSR count). The maximum absolute atomic E-state index is 8.90. The second kappa shape index (κ2) is 7.71. The van der Waals surface area contributed by atoms with Gasteiger partial charge in [0.05, 0.1) is 11.5 Å². The van der Waals surface area contributed by atoms with E-state index in [9.17, 15) is 0 Å². The van der Waals surface area contributed by atoms with Crippen molar-refractivity contribution in [2.45, 2.75) is 65.2 Å². The van der Waals surface area contributed by atoms with Crippen molar-refractivity contribution in [3.63, 3.8) is 0 Å². The Morgan fingerprint density at radius 3 is 2.53 bits per heavy atom. The Morgan fingerprint density at radius 1 is 1.18 bits per heavy atom. The molecule has 0 aromatic rings. The first kappa shape index (κ1) is 14.5. The monoisotopic (exact) mass is 236 g/mol. The van der Waals surface area contributed by atoms with Crippen LogP contribution in [0.1, 0.15) is 65.2 Å². The molecule has 0 saturated heterocycles. The second-order valence-corrected chi connectivity index (χ2v) is 6.16. The Bertz CT molecular complexity index is 234. The maximum atomic E-state index is 8.90. The molecule has 1 aliphatic rings. The molecule has 0 spiro atoms. The Hall–Kier alpha value is -0.550. The number of unbranched alkanes of at least 4 members (excludes halogenated alkanes) is 1. The fourth-order valence-electron chi connectivity index (χ4n) is 2.57. The topological polar surface area (TPSA) is 35.8 Å². The number of hydrogen-bond donors (Lipinski definition) is 1. The molecule has 0 aromatic carbocycles. The maximum Gasteiger partial charge on any atom is 0.0683 e. The highest BCUT2D eigenvalue weighted by atomic mass is 14.9. The molecule has 1 saturated carbocycles. The van der Waals surface area contributed by atoms with Gasteiger partial charge in [0.15, 0.2) is 0 Å². The zero-order valence-electron chi connectivity index (χ0n) is 11.6. The van der Waals surface area contributed by atoms with Crippen LogP contribution in [-0.4, -0.2) is 13.1 Å². The van der Waals surface area contributed by atoms with E-state index in [0.29, 0.717) is 0 Å². The fraction of sp³-hybridized carbons (Fsp3) is 0.933. The highest BCUT2D eigenvalue weighted by molar-refractivity contribution is 4.91. The molecule has 0 bridgehead atoms. The lowest BCUT2D eigenvalue weighted by Gasteiger charge is -2.22. The summed E-state index contributed by atoms with van der Waals surface area (Å²) in [6.07, 6.45) is 10.6. The summed E-state index contributed by atoms with van der Waals surface area (Å²) in [5, 5.41) is 12.5. The van der Waals surface area contributed by atoms with Crippen molar-refractivity contribution in [1.29, 1.82) is 5.26 Å². The van der Waals surface area contributed by atoms with Gasteiger partial charge in [-0.2, -0.15) is 5.26 Å². The van der Waals surface area contributed by atoms with Crippen molar-refractivity contribution >= 4 is 0 Å². The summed E-state index contributed by atoms with van der Waals surface area (Å²) in [5.41, 5.74) is -0.136. The van der Waals surface area contributed by atoms with Gasteiger partial charge in [0, 0.05) is 0 Å². The molecule has 1 aliphatic carbocycles. The van der Waals surface area contributed by atoms with Crippen LogP contribution >= 0.6 is 0 Å². The first-order valence-corrected chi connectivity index (χ1v) is 7.26. The van der Waals surface area contributed by atoms with Crippen LogP contribution in [0, 0.1) is 22.7 Å². The average Bonchev–Trinajstić information content (AvgIpc) is 2.35. The molecular weight excluding hydrogens is 208 g/mol. The van der Waals surface area contributed by atoms with Gasteiger partial charge >= 0.3 is 0 Å². The number of nitriles is 1. The molecular formula is C15H28N2. The van der Waals surface area contributed by atoms with E-state index in [2.05, 4.69) is 11.4 Å². The van der Waals surface area contributed by atoms with Crippen molar-refractivity contribution in [3.05, 3.63) is 0 Å². The standard InChI is InChI=1S/C15H28N2/c1-15(2,13-16)10-6-7-11-17-12-14-8-4-3-5-9-14/h14,17H,3-12H2,1-2H3. The van der Waals surface area contributed by atoms with E-state index in [0.717, 1.165) is 25.3 Å². The molecule has 0 aliphatic heterocycles. The minimum Gasteiger partial charge on any atom is -0.316 e. The van der Waals surface area contributed by atoms with Crippen LogP contribution in [0.3, 0.4) is 0 Å². The lowest BCUT2D eigenvalue weighted by molar-refractivity contribution is 0.339. The Morgan fingerprint density at radius 2 is 1.88 bits per heavy atom. The summed E-state index contributed by atoms with van der Waals surface area (Å²) >= 11 is 0. The number of hydrogen-bond acceptors (Lipinski definition) is 2. The smallest absolute Gasteiger partial charge is 0.0683 e. The average molecular weight is 236 g/mol. The van der Waals surface area contributed by atoms with Gasteiger partial charge in [-0.25, -0.2) is 0 Å². The van der Waals surface area contributed by atoms with Crippen LogP contribution in [-0.2, 0) is 0 Å². The van der Waals surface area contributed by atoms with Crippen LogP contribution in [0.2, 0.25) is 0 Å². The minimum absolute atomic E-state index is 0.136. The zero-order chi connectivity index (χ0) is 12.6. The molecule has 17 heavy (non-hydrogen) atoms. The summed E-state index contributed by atoms with van der Waals surface area (Å²) in [5.74, 6) is 0.930. The van der Waals surface area contributed by atoms with Crippen LogP contribution in [0.15, 0.2) is 0 Å². The summed E-state index contributed by atoms with van der Waals surface area (Å²) in [4.78, 5) is 0. The van der Waals surface area contributed by atoms with Crippen LogP contribution in [0.25, 0.3) is 0 Å². The third kappa shape index (κ3) is 6.68. The van der Waals surface area contributed by atoms with Gasteiger partial charge in [-0.15, -0.1) is 0 Å². The van der Waals surface area contributed by atoms with Gasteiger partial charge in [0.2, 0.25) is 0 Å². The van der Waals surface area contributed by atoms with E-state index < -0.39 is 0 Å². The molecule has 0 aromatic heterocycles. The third-order valence-corrected chi connectivity index (χ3v) is 3.87. The fourth-order valence-corrected chi connectivity index (χ4v) is 2.57. The van der Waals surface area contributed by atoms with Gasteiger partial charge in [-0.3, -0.25) is 0 Å². The lowest BCUT2D eigenvalue weighted by atomic mass is 9.88. The molecule has 2 nitrogen and oxygen atoms in total. The van der Waals surface area contributed by atoms with Crippen LogP contribution in [0.4, 0.5) is 0 Å². The van der Waals surface area contributed by atoms with Gasteiger partial charge in [-0.05, 0) is 58.5 Å². The first-order valence-electron chi connectivity index (χ1n) is 7.26. The Labute approximate surface area is 107 Å². The van der Waals surface area contributed by atoms with Crippen LogP contribution in [0.5, 0.6) is 0 Å². The van der Waals surface area contributed by atoms with Gasteiger partial charge in [0.1, 0.15) is 0 Å². The first-order chi connectivity index (χ1) is 8.14. The van der Waals surface area contributed by atoms with Crippen molar-refractivity contribution in [2.24, 2.45) is 11.3 Å². The molecule has 0 radical (unpaired) electrons. The normalized spacial score (nSPS) is 17.9. The molecule has 98 valence electrons. The molecule has 0 heterocycles. The van der Waals surface area contributed by atoms with Gasteiger partial charge in [0.25, 0.3) is 0 Å². The summed E-state index contributed by atoms with van der Waals surface area (Å²) in [7, 11) is 0. The van der Waals surface area contributed by atoms with E-state index in [1.54, 1.807) is 0 Å². The highest BCUT2D eigenvalue weighted by Gasteiger charge is 2.15. The van der Waals surface area contributed by atoms with E-state index in [-0.39, 0.29) is 5.41 Å². The second-order valence-electron chi connectivity index (χ2n) is 6.16. The van der Waals surface area contributed by atoms with Crippen LogP contribution < -0.4 is 5.32 Å². The number of nitrogens with one attached hydrogen (secondary N) is 1. The van der Waals surface area contributed by atoms with Gasteiger partial charge < -0.3 is 5.32 Å². The van der Waals surface area contributed by atoms with Crippen molar-refractivity contribution in [3.8, 4) is 6.07 Å². The zero-order valence-corrected chi connectivity index (χ0v) is 11.6. The third-order valence-electron chi connectivity index (χ3n) is 3.87. The minimum atomic E-state index is -0.136. The van der Waals surface area contributed by atoms with E-state index in [1.807, 2.05) is 13.8 Å². The lowest BCUT2D eigenvalue weighted by Crippen LogP contribution is -2.25. The van der Waals surface area contributed by atoms with E-state index >= 15 is 0 Å². The molecule has 1 N–H and O–H groups in total. The summed E-state index contributed by atoms with van der Waals surface area (Å²) < 4.78 is 0. The van der Waals surface area contributed by atoms with Gasteiger partial charge in [-0.1, -0.05) is 25.7 Å². The highest BCUT2D eigenvalue weighted by Crippen LogP contribution is 2.23. The molecule has 0 amide bonds. The van der Waals surface area contributed by atoms with E-state index in [1.165, 1.54) is 45.1 Å². The van der Waals surface area contributed by atoms with Crippen molar-refractivity contribution in [1.82, 2.24) is 5.32 Å². The quantitative estimate of drug-likeness (QED) is 0.681. The largest absolute Gasteiger partial charge is 0.316 e. The molecule has 0 atom stereocenters. The number of nitrogens with zero attached hydrogens (tertiary/aromatic N) is 1. The summed E-state index contributed by atoms with van der Waals surface area (Å²) in [6.45, 7) is 6.39. The predicted octanol–water partition coefficient (Wildman–Crippen LogP) is 3.88. The van der Waals surface area contributed by atoms with Crippen molar-refractivity contribution < 1.29 is 0 Å². The SMILES string of the molecule is CC(C)(C#N)CCCCNCC1CCCCC1. The number of rotatable bonds is 7. The van der Waals surface area contributed by atoms with Crippen molar-refractivity contribution in [2.75, 3.05) is 13.1 Å². The molecule has 0 unspecified atom stereocenters. The Balaban J connectivity index is 1.92. The van der Waals surface area contributed by atoms with E-state index in [4.69, 9.17) is 5.26 Å². The predicted molar refractivity (Wildman–Crippen MR) is 72.7 cm³/mol. The molecule has 2 heteroatoms. The summed E-state index contributed by atoms with van der Waals surface area (Å²) in [6, 6.07) is 2.36. The molecule has 1 fully saturated rings. The Kier molecular flexibility index (Phi) is 6.58.